The zero-order valence-corrected chi connectivity index (χ0v) is 17.1. The fourth-order valence-electron chi connectivity index (χ4n) is 2.85. The van der Waals surface area contributed by atoms with E-state index in [0.29, 0.717) is 0 Å². The maximum absolute atomic E-state index is 14.6. The third-order valence-electron chi connectivity index (χ3n) is 4.30. The van der Waals surface area contributed by atoms with Gasteiger partial charge in [0.25, 0.3) is 10.0 Å². The Hall–Kier alpha value is -3.24. The summed E-state index contributed by atoms with van der Waals surface area (Å²) in [6, 6.07) is 11.1. The van der Waals surface area contributed by atoms with E-state index >= 15 is 0 Å². The van der Waals surface area contributed by atoms with Gasteiger partial charge in [-0.2, -0.15) is 0 Å². The van der Waals surface area contributed by atoms with E-state index < -0.39 is 33.2 Å². The predicted molar refractivity (Wildman–Crippen MR) is 109 cm³/mol. The van der Waals surface area contributed by atoms with E-state index in [1.54, 1.807) is 12.1 Å². The van der Waals surface area contributed by atoms with Crippen LogP contribution in [0.1, 0.15) is 5.56 Å². The molecule has 0 radical (unpaired) electrons. The summed E-state index contributed by atoms with van der Waals surface area (Å²) in [5.41, 5.74) is -0.303. The van der Waals surface area contributed by atoms with Gasteiger partial charge < -0.3 is 10.1 Å². The molecule has 0 aliphatic carbocycles. The number of hydrogen-bond donors (Lipinski definition) is 2. The molecular weight excluding hydrogens is 455 g/mol. The molecule has 0 aromatic heterocycles. The minimum Gasteiger partial charge on any atom is -0.450 e. The van der Waals surface area contributed by atoms with Gasteiger partial charge in [-0.3, -0.25) is 0 Å². The average Bonchev–Trinajstić information content (AvgIpc) is 2.71. The van der Waals surface area contributed by atoms with Crippen LogP contribution in [0.3, 0.4) is 0 Å². The molecule has 31 heavy (non-hydrogen) atoms. The Kier molecular flexibility index (Phi) is 5.50. The number of anilines is 1. The van der Waals surface area contributed by atoms with Gasteiger partial charge in [-0.25, -0.2) is 31.3 Å². The van der Waals surface area contributed by atoms with Crippen LogP contribution in [0.25, 0.3) is 0 Å². The SMILES string of the molecule is O=S1(=O)NC(=NCc2cc(F)ccc2F)Nc2c1ccc(F)c2Oc1ccccc1Cl. The summed E-state index contributed by atoms with van der Waals surface area (Å²) in [5.74, 6) is -2.85. The minimum atomic E-state index is -4.15. The summed E-state index contributed by atoms with van der Waals surface area (Å²) < 4.78 is 74.7. The van der Waals surface area contributed by atoms with E-state index in [1.165, 1.54) is 12.1 Å². The number of halogens is 4. The number of para-hydroxylation sites is 1. The Labute approximate surface area is 180 Å². The summed E-state index contributed by atoms with van der Waals surface area (Å²) in [6.45, 7) is -0.375. The third kappa shape index (κ3) is 4.30. The maximum atomic E-state index is 14.6. The van der Waals surface area contributed by atoms with Crippen LogP contribution in [0.5, 0.6) is 11.5 Å². The Morgan fingerprint density at radius 3 is 2.52 bits per heavy atom. The number of guanidine groups is 1. The molecule has 0 saturated carbocycles. The van der Waals surface area contributed by atoms with E-state index in [0.717, 1.165) is 30.3 Å². The van der Waals surface area contributed by atoms with Gasteiger partial charge in [0.1, 0.15) is 28.0 Å². The van der Waals surface area contributed by atoms with Gasteiger partial charge in [-0.05, 0) is 42.5 Å². The van der Waals surface area contributed by atoms with Gasteiger partial charge in [-0.1, -0.05) is 23.7 Å². The molecule has 2 N–H and O–H groups in total. The fourth-order valence-corrected chi connectivity index (χ4v) is 4.16. The lowest BCUT2D eigenvalue weighted by molar-refractivity contribution is 0.443. The Morgan fingerprint density at radius 2 is 1.74 bits per heavy atom. The van der Waals surface area contributed by atoms with Crippen molar-refractivity contribution in [1.29, 1.82) is 0 Å². The second-order valence-electron chi connectivity index (χ2n) is 6.41. The number of aliphatic imine (C=N–C) groups is 1. The number of benzene rings is 3. The highest BCUT2D eigenvalue weighted by Gasteiger charge is 2.31. The van der Waals surface area contributed by atoms with Crippen LogP contribution in [0, 0.1) is 17.5 Å². The van der Waals surface area contributed by atoms with Gasteiger partial charge in [0, 0.05) is 5.56 Å². The monoisotopic (exact) mass is 467 g/mol. The van der Waals surface area contributed by atoms with Crippen molar-refractivity contribution in [3.63, 3.8) is 0 Å². The minimum absolute atomic E-state index is 0.0916. The number of hydrogen-bond acceptors (Lipinski definition) is 4. The van der Waals surface area contributed by atoms with Gasteiger partial charge in [0.2, 0.25) is 5.96 Å². The van der Waals surface area contributed by atoms with Crippen LogP contribution < -0.4 is 14.8 Å². The number of sulfonamides is 1. The molecule has 0 atom stereocenters. The second-order valence-corrected chi connectivity index (χ2v) is 8.47. The average molecular weight is 468 g/mol. The first kappa shape index (κ1) is 21.0. The van der Waals surface area contributed by atoms with Gasteiger partial charge in [-0.15, -0.1) is 0 Å². The van der Waals surface area contributed by atoms with Gasteiger partial charge >= 0.3 is 0 Å². The molecule has 0 spiro atoms. The van der Waals surface area contributed by atoms with Crippen molar-refractivity contribution in [3.8, 4) is 11.5 Å². The van der Waals surface area contributed by atoms with Crippen molar-refractivity contribution < 1.29 is 26.3 Å². The molecule has 3 aromatic rings. The molecule has 0 bridgehead atoms. The molecule has 0 saturated heterocycles. The molecular formula is C20H13ClF3N3O3S. The quantitative estimate of drug-likeness (QED) is 0.577. The van der Waals surface area contributed by atoms with E-state index in [-0.39, 0.29) is 39.4 Å². The normalized spacial score (nSPS) is 15.7. The number of fused-ring (bicyclic) bond motifs is 1. The number of nitrogens with zero attached hydrogens (tertiary/aromatic N) is 1. The Balaban J connectivity index is 1.73. The largest absolute Gasteiger partial charge is 0.450 e. The van der Waals surface area contributed by atoms with E-state index in [9.17, 15) is 21.6 Å². The molecule has 0 unspecified atom stereocenters. The summed E-state index contributed by atoms with van der Waals surface area (Å²) in [4.78, 5) is 3.66. The second kappa shape index (κ2) is 8.12. The molecule has 11 heteroatoms. The Morgan fingerprint density at radius 1 is 1.00 bits per heavy atom. The van der Waals surface area contributed by atoms with Crippen LogP contribution in [0.2, 0.25) is 5.02 Å². The van der Waals surface area contributed by atoms with Crippen LogP contribution in [-0.4, -0.2) is 14.4 Å². The number of nitrogens with one attached hydrogen (secondary N) is 2. The van der Waals surface area contributed by atoms with Crippen LogP contribution in [0.15, 0.2) is 64.5 Å². The number of ether oxygens (including phenoxy) is 1. The lowest BCUT2D eigenvalue weighted by Gasteiger charge is -2.24. The zero-order valence-electron chi connectivity index (χ0n) is 15.5. The van der Waals surface area contributed by atoms with Crippen molar-refractivity contribution >= 4 is 33.3 Å². The molecule has 3 aromatic carbocycles. The lowest BCUT2D eigenvalue weighted by Crippen LogP contribution is -2.41. The van der Waals surface area contributed by atoms with Crippen molar-refractivity contribution in [2.24, 2.45) is 4.99 Å². The summed E-state index contributed by atoms with van der Waals surface area (Å²) in [5, 5.41) is 2.83. The van der Waals surface area contributed by atoms with Gasteiger partial charge in [0.05, 0.1) is 11.6 Å². The molecule has 1 heterocycles. The smallest absolute Gasteiger partial charge is 0.266 e. The topological polar surface area (TPSA) is 79.8 Å². The van der Waals surface area contributed by atoms with Crippen molar-refractivity contribution in [2.75, 3.05) is 5.32 Å². The molecule has 0 fully saturated rings. The third-order valence-corrected chi connectivity index (χ3v) is 5.99. The molecule has 4 rings (SSSR count). The first-order valence-corrected chi connectivity index (χ1v) is 10.6. The fraction of sp³-hybridized carbons (Fsp3) is 0.0500. The Bertz CT molecular complexity index is 1320. The van der Waals surface area contributed by atoms with E-state index in [1.807, 2.05) is 0 Å². The van der Waals surface area contributed by atoms with Crippen LogP contribution >= 0.6 is 11.6 Å². The number of rotatable bonds is 4. The predicted octanol–water partition coefficient (Wildman–Crippen LogP) is 4.81. The van der Waals surface area contributed by atoms with E-state index in [4.69, 9.17) is 16.3 Å². The highest BCUT2D eigenvalue weighted by atomic mass is 35.5. The highest BCUT2D eigenvalue weighted by molar-refractivity contribution is 7.90. The summed E-state index contributed by atoms with van der Waals surface area (Å²) in [7, 11) is -4.15. The van der Waals surface area contributed by atoms with E-state index in [2.05, 4.69) is 15.0 Å². The van der Waals surface area contributed by atoms with Gasteiger partial charge in [0.15, 0.2) is 11.6 Å². The molecule has 0 amide bonds. The summed E-state index contributed by atoms with van der Waals surface area (Å²) in [6.07, 6.45) is 0. The molecule has 1 aliphatic rings. The lowest BCUT2D eigenvalue weighted by atomic mass is 10.2. The zero-order chi connectivity index (χ0) is 22.2. The standard InChI is InChI=1S/C20H13ClF3N3O3S/c21-13-3-1-2-4-16(13)30-19-15(24)7-8-17-18(19)26-20(27-31(17,28)29)25-10-11-9-12(22)5-6-14(11)23/h1-9H,10H2,(H2,25,26,27). The first-order chi connectivity index (χ1) is 14.7. The molecule has 160 valence electrons. The van der Waals surface area contributed by atoms with Crippen molar-refractivity contribution in [1.82, 2.24) is 4.72 Å². The first-order valence-electron chi connectivity index (χ1n) is 8.78. The molecule has 6 nitrogen and oxygen atoms in total. The van der Waals surface area contributed by atoms with Crippen molar-refractivity contribution in [2.45, 2.75) is 11.4 Å². The van der Waals surface area contributed by atoms with Crippen molar-refractivity contribution in [3.05, 3.63) is 82.6 Å². The molecule has 1 aliphatic heterocycles. The van der Waals surface area contributed by atoms with Crippen LogP contribution in [0.4, 0.5) is 18.9 Å². The maximum Gasteiger partial charge on any atom is 0.266 e. The summed E-state index contributed by atoms with van der Waals surface area (Å²) >= 11 is 6.05. The van der Waals surface area contributed by atoms with Crippen LogP contribution in [-0.2, 0) is 16.6 Å². The highest BCUT2D eigenvalue weighted by Crippen LogP contribution is 2.40.